The molecule has 0 spiro atoms. The van der Waals surface area contributed by atoms with E-state index in [4.69, 9.17) is 4.98 Å². The number of aliphatic hydroxyl groups is 1. The molecule has 0 aliphatic heterocycles. The Kier molecular flexibility index (Phi) is 7.26. The van der Waals surface area contributed by atoms with E-state index >= 15 is 0 Å². The van der Waals surface area contributed by atoms with Gasteiger partial charge in [0.05, 0.1) is 23.7 Å². The lowest BCUT2D eigenvalue weighted by Gasteiger charge is -2.40. The van der Waals surface area contributed by atoms with E-state index in [-0.39, 0.29) is 5.92 Å². The molecule has 1 N–H and O–H groups in total. The molecule has 5 aromatic rings. The predicted molar refractivity (Wildman–Crippen MR) is 154 cm³/mol. The van der Waals surface area contributed by atoms with Gasteiger partial charge in [0, 0.05) is 5.69 Å². The van der Waals surface area contributed by atoms with Crippen molar-refractivity contribution >= 4 is 0 Å². The van der Waals surface area contributed by atoms with Crippen molar-refractivity contribution in [2.75, 3.05) is 0 Å². The Bertz CT molecular complexity index is 1480. The number of aromatic nitrogens is 2. The van der Waals surface area contributed by atoms with E-state index in [2.05, 4.69) is 77.4 Å². The summed E-state index contributed by atoms with van der Waals surface area (Å²) in [7, 11) is 0. The number of aryl methyl sites for hydroxylation is 1. The van der Waals surface area contributed by atoms with Crippen LogP contribution in [0.15, 0.2) is 122 Å². The van der Waals surface area contributed by atoms with Crippen LogP contribution in [0.5, 0.6) is 0 Å². The summed E-state index contributed by atoms with van der Waals surface area (Å²) in [6.07, 6.45) is -0.728. The van der Waals surface area contributed by atoms with E-state index < -0.39 is 23.4 Å². The van der Waals surface area contributed by atoms with Gasteiger partial charge in [0.1, 0.15) is 5.54 Å². The van der Waals surface area contributed by atoms with E-state index in [1.807, 2.05) is 24.5 Å². The van der Waals surface area contributed by atoms with Crippen molar-refractivity contribution in [3.8, 4) is 0 Å². The lowest BCUT2D eigenvalue weighted by Crippen LogP contribution is -2.40. The van der Waals surface area contributed by atoms with Gasteiger partial charge in [0.15, 0.2) is 0 Å². The van der Waals surface area contributed by atoms with Crippen LogP contribution < -0.4 is 0 Å². The highest BCUT2D eigenvalue weighted by atomic mass is 19.4. The standard InChI is InChI=1S/C35H31F3N2O/c36-35(37,38)30-19-16-25(17-20-30)22-33(41)26-18-21-31-32(23-26)40(24-39-31)34(27-10-4-1-5-11-27,28-12-6-2-7-13-28)29-14-8-3-9-15-29/h1-17,19-20,24,26,33,41H,18,21-23H2. The van der Waals surface area contributed by atoms with E-state index in [1.165, 1.54) is 12.1 Å². The summed E-state index contributed by atoms with van der Waals surface area (Å²) in [4.78, 5) is 4.88. The van der Waals surface area contributed by atoms with Gasteiger partial charge in [0.25, 0.3) is 0 Å². The number of alkyl halides is 3. The van der Waals surface area contributed by atoms with Gasteiger partial charge in [-0.05, 0) is 66.0 Å². The molecule has 41 heavy (non-hydrogen) atoms. The fourth-order valence-corrected chi connectivity index (χ4v) is 6.32. The smallest absolute Gasteiger partial charge is 0.392 e. The molecule has 0 saturated carbocycles. The predicted octanol–water partition coefficient (Wildman–Crippen LogP) is 7.45. The normalized spacial score (nSPS) is 16.2. The molecule has 0 fully saturated rings. The van der Waals surface area contributed by atoms with Crippen LogP contribution in [-0.4, -0.2) is 20.8 Å². The Morgan fingerprint density at radius 2 is 1.24 bits per heavy atom. The molecule has 4 aromatic carbocycles. The Labute approximate surface area is 238 Å². The number of imidazole rings is 1. The molecule has 2 atom stereocenters. The van der Waals surface area contributed by atoms with Crippen LogP contribution in [0.1, 0.15) is 45.6 Å². The molecule has 0 saturated heterocycles. The van der Waals surface area contributed by atoms with Gasteiger partial charge in [0.2, 0.25) is 0 Å². The number of halogens is 3. The minimum Gasteiger partial charge on any atom is -0.392 e. The van der Waals surface area contributed by atoms with E-state index in [0.717, 1.165) is 53.1 Å². The van der Waals surface area contributed by atoms with Crippen molar-refractivity contribution in [3.05, 3.63) is 161 Å². The highest BCUT2D eigenvalue weighted by molar-refractivity contribution is 5.51. The zero-order valence-electron chi connectivity index (χ0n) is 22.5. The Hall–Kier alpha value is -4.16. The van der Waals surface area contributed by atoms with Crippen molar-refractivity contribution in [3.63, 3.8) is 0 Å². The number of hydrogen-bond acceptors (Lipinski definition) is 2. The van der Waals surface area contributed by atoms with Crippen LogP contribution in [0.25, 0.3) is 0 Å². The number of aliphatic hydroxyl groups excluding tert-OH is 1. The van der Waals surface area contributed by atoms with Gasteiger partial charge in [-0.1, -0.05) is 103 Å². The summed E-state index contributed by atoms with van der Waals surface area (Å²) in [5, 5.41) is 11.3. The summed E-state index contributed by atoms with van der Waals surface area (Å²) in [5.41, 5.74) is 4.72. The lowest BCUT2D eigenvalue weighted by molar-refractivity contribution is -0.137. The molecule has 6 heteroatoms. The maximum Gasteiger partial charge on any atom is 0.416 e. The molecule has 0 radical (unpaired) electrons. The number of hydrogen-bond donors (Lipinski definition) is 1. The first-order valence-electron chi connectivity index (χ1n) is 13.9. The molecule has 1 aromatic heterocycles. The van der Waals surface area contributed by atoms with Crippen LogP contribution in [0.3, 0.4) is 0 Å². The third-order valence-electron chi connectivity index (χ3n) is 8.37. The minimum atomic E-state index is -4.38. The quantitative estimate of drug-likeness (QED) is 0.213. The molecule has 0 amide bonds. The maximum absolute atomic E-state index is 13.0. The number of fused-ring (bicyclic) bond motifs is 1. The topological polar surface area (TPSA) is 38.1 Å². The first-order chi connectivity index (χ1) is 19.9. The average molecular weight is 553 g/mol. The van der Waals surface area contributed by atoms with Gasteiger partial charge in [-0.2, -0.15) is 13.2 Å². The zero-order valence-corrected chi connectivity index (χ0v) is 22.5. The summed E-state index contributed by atoms with van der Waals surface area (Å²) in [5.74, 6) is -0.0553. The molecular formula is C35H31F3N2O. The minimum absolute atomic E-state index is 0.0553. The van der Waals surface area contributed by atoms with Crippen LogP contribution in [0.4, 0.5) is 13.2 Å². The molecular weight excluding hydrogens is 521 g/mol. The number of nitrogens with zero attached hydrogens (tertiary/aromatic N) is 2. The first kappa shape index (κ1) is 27.0. The van der Waals surface area contributed by atoms with Gasteiger partial charge in [-0.25, -0.2) is 4.98 Å². The summed E-state index contributed by atoms with van der Waals surface area (Å²) < 4.78 is 41.4. The largest absolute Gasteiger partial charge is 0.416 e. The Balaban J connectivity index is 1.40. The van der Waals surface area contributed by atoms with Crippen molar-refractivity contribution in [1.29, 1.82) is 0 Å². The summed E-state index contributed by atoms with van der Waals surface area (Å²) in [6, 6.07) is 36.3. The molecule has 0 bridgehead atoms. The van der Waals surface area contributed by atoms with Crippen LogP contribution in [-0.2, 0) is 31.0 Å². The van der Waals surface area contributed by atoms with Crippen molar-refractivity contribution in [2.45, 2.75) is 43.5 Å². The Morgan fingerprint density at radius 1 is 0.732 bits per heavy atom. The molecule has 2 unspecified atom stereocenters. The van der Waals surface area contributed by atoms with Crippen LogP contribution >= 0.6 is 0 Å². The van der Waals surface area contributed by atoms with E-state index in [1.54, 1.807) is 0 Å². The van der Waals surface area contributed by atoms with Gasteiger partial charge in [-0.3, -0.25) is 0 Å². The molecule has 1 aliphatic rings. The van der Waals surface area contributed by atoms with Gasteiger partial charge < -0.3 is 9.67 Å². The lowest BCUT2D eigenvalue weighted by atomic mass is 9.75. The second-order valence-corrected chi connectivity index (χ2v) is 10.8. The third kappa shape index (κ3) is 5.08. The highest BCUT2D eigenvalue weighted by Gasteiger charge is 2.41. The zero-order chi connectivity index (χ0) is 28.5. The van der Waals surface area contributed by atoms with E-state index in [0.29, 0.717) is 18.4 Å². The fourth-order valence-electron chi connectivity index (χ4n) is 6.32. The highest BCUT2D eigenvalue weighted by Crippen LogP contribution is 2.43. The molecule has 208 valence electrons. The molecule has 1 aliphatic carbocycles. The first-order valence-corrected chi connectivity index (χ1v) is 13.9. The van der Waals surface area contributed by atoms with Crippen molar-refractivity contribution in [2.24, 2.45) is 5.92 Å². The maximum atomic E-state index is 13.0. The SMILES string of the molecule is OC(Cc1ccc(C(F)(F)F)cc1)C1CCc2ncn(C(c3ccccc3)(c3ccccc3)c3ccccc3)c2C1. The van der Waals surface area contributed by atoms with Crippen molar-refractivity contribution < 1.29 is 18.3 Å². The number of rotatable bonds is 7. The second kappa shape index (κ2) is 11.0. The van der Waals surface area contributed by atoms with Crippen molar-refractivity contribution in [1.82, 2.24) is 9.55 Å². The number of benzene rings is 4. The fraction of sp³-hybridized carbons (Fsp3) is 0.229. The van der Waals surface area contributed by atoms with Gasteiger partial charge >= 0.3 is 6.18 Å². The summed E-state index contributed by atoms with van der Waals surface area (Å²) in [6.45, 7) is 0. The van der Waals surface area contributed by atoms with Crippen LogP contribution in [0, 0.1) is 5.92 Å². The monoisotopic (exact) mass is 552 g/mol. The van der Waals surface area contributed by atoms with Gasteiger partial charge in [-0.15, -0.1) is 0 Å². The molecule has 3 nitrogen and oxygen atoms in total. The Morgan fingerprint density at radius 3 is 1.73 bits per heavy atom. The second-order valence-electron chi connectivity index (χ2n) is 10.8. The van der Waals surface area contributed by atoms with Crippen LogP contribution in [0.2, 0.25) is 0 Å². The molecule has 6 rings (SSSR count). The average Bonchev–Trinajstić information content (AvgIpc) is 3.43. The molecule has 1 heterocycles. The summed E-state index contributed by atoms with van der Waals surface area (Å²) >= 11 is 0. The third-order valence-corrected chi connectivity index (χ3v) is 8.37. The van der Waals surface area contributed by atoms with E-state index in [9.17, 15) is 18.3 Å².